The summed E-state index contributed by atoms with van der Waals surface area (Å²) < 4.78 is 0. The van der Waals surface area contributed by atoms with Crippen LogP contribution in [0.1, 0.15) is 38.5 Å². The Morgan fingerprint density at radius 2 is 1.13 bits per heavy atom. The predicted octanol–water partition coefficient (Wildman–Crippen LogP) is 2.09. The van der Waals surface area contributed by atoms with E-state index in [0.717, 1.165) is 37.4 Å². The summed E-state index contributed by atoms with van der Waals surface area (Å²) in [5.74, 6) is 1.84. The van der Waals surface area contributed by atoms with E-state index in [1.807, 2.05) is 0 Å². The first-order valence-electron chi connectivity index (χ1n) is 5.86. The van der Waals surface area contributed by atoms with Crippen molar-refractivity contribution in [1.29, 1.82) is 0 Å². The number of hydrogen-bond donors (Lipinski definition) is 4. The Morgan fingerprint density at radius 3 is 1.40 bits per heavy atom. The highest BCUT2D eigenvalue weighted by atomic mass is 32.1. The molecule has 0 aromatic carbocycles. The molecule has 0 radical (unpaired) electrons. The second-order valence-electron chi connectivity index (χ2n) is 4.31. The number of nitrogens with two attached hydrogens (primary N) is 2. The van der Waals surface area contributed by atoms with Gasteiger partial charge in [-0.2, -0.15) is 25.3 Å². The van der Waals surface area contributed by atoms with E-state index >= 15 is 0 Å². The third-order valence-electron chi connectivity index (χ3n) is 2.99. The first-order chi connectivity index (χ1) is 7.24. The SMILES string of the molecule is NCCCCC(CS)(CS)CCCCN. The summed E-state index contributed by atoms with van der Waals surface area (Å²) in [5, 5.41) is 0. The van der Waals surface area contributed by atoms with Crippen LogP contribution in [-0.2, 0) is 0 Å². The van der Waals surface area contributed by atoms with E-state index in [1.165, 1.54) is 25.7 Å². The van der Waals surface area contributed by atoms with Crippen molar-refractivity contribution in [1.82, 2.24) is 0 Å². The van der Waals surface area contributed by atoms with Crippen molar-refractivity contribution >= 4 is 25.3 Å². The van der Waals surface area contributed by atoms with Crippen molar-refractivity contribution < 1.29 is 0 Å². The fourth-order valence-electron chi connectivity index (χ4n) is 1.78. The standard InChI is InChI=1S/C11H26N2S2/c12-7-3-1-5-11(9-14,10-15)6-2-4-8-13/h14-15H,1-10,12-13H2. The topological polar surface area (TPSA) is 52.0 Å². The van der Waals surface area contributed by atoms with E-state index in [9.17, 15) is 0 Å². The maximum absolute atomic E-state index is 5.51. The van der Waals surface area contributed by atoms with Crippen molar-refractivity contribution in [2.45, 2.75) is 38.5 Å². The fourth-order valence-corrected chi connectivity index (χ4v) is 2.81. The first-order valence-corrected chi connectivity index (χ1v) is 7.13. The number of hydrogen-bond acceptors (Lipinski definition) is 4. The molecule has 0 fully saturated rings. The van der Waals surface area contributed by atoms with Gasteiger partial charge in [-0.1, -0.05) is 12.8 Å². The van der Waals surface area contributed by atoms with Crippen LogP contribution in [0.2, 0.25) is 0 Å². The number of thiol groups is 2. The van der Waals surface area contributed by atoms with Gasteiger partial charge in [0.05, 0.1) is 0 Å². The summed E-state index contributed by atoms with van der Waals surface area (Å²) in [6, 6.07) is 0. The van der Waals surface area contributed by atoms with Crippen molar-refractivity contribution in [3.05, 3.63) is 0 Å². The molecule has 0 unspecified atom stereocenters. The molecule has 0 saturated heterocycles. The molecule has 0 heterocycles. The lowest BCUT2D eigenvalue weighted by molar-refractivity contribution is 0.303. The van der Waals surface area contributed by atoms with Gasteiger partial charge in [-0.3, -0.25) is 0 Å². The lowest BCUT2D eigenvalue weighted by Gasteiger charge is -2.31. The molecular formula is C11H26N2S2. The molecule has 0 amide bonds. The Morgan fingerprint density at radius 1 is 0.733 bits per heavy atom. The number of rotatable bonds is 10. The van der Waals surface area contributed by atoms with Gasteiger partial charge < -0.3 is 11.5 Å². The zero-order valence-corrected chi connectivity index (χ0v) is 11.4. The minimum Gasteiger partial charge on any atom is -0.330 e. The number of unbranched alkanes of at least 4 members (excludes halogenated alkanes) is 2. The van der Waals surface area contributed by atoms with Crippen LogP contribution >= 0.6 is 25.3 Å². The van der Waals surface area contributed by atoms with E-state index in [-0.39, 0.29) is 0 Å². The van der Waals surface area contributed by atoms with Crippen LogP contribution in [0.15, 0.2) is 0 Å². The van der Waals surface area contributed by atoms with Gasteiger partial charge in [0.25, 0.3) is 0 Å². The third kappa shape index (κ3) is 6.72. The monoisotopic (exact) mass is 250 g/mol. The van der Waals surface area contributed by atoms with E-state index in [4.69, 9.17) is 11.5 Å². The lowest BCUT2D eigenvalue weighted by Crippen LogP contribution is -2.26. The quantitative estimate of drug-likeness (QED) is 0.354. The molecule has 92 valence electrons. The van der Waals surface area contributed by atoms with Gasteiger partial charge >= 0.3 is 0 Å². The van der Waals surface area contributed by atoms with Crippen LogP contribution < -0.4 is 11.5 Å². The van der Waals surface area contributed by atoms with Crippen LogP contribution in [0.3, 0.4) is 0 Å². The van der Waals surface area contributed by atoms with E-state index in [2.05, 4.69) is 25.3 Å². The van der Waals surface area contributed by atoms with Gasteiger partial charge in [0.2, 0.25) is 0 Å². The molecule has 0 saturated carbocycles. The zero-order valence-electron chi connectivity index (χ0n) is 9.62. The normalized spacial score (nSPS) is 12.0. The molecule has 0 rings (SSSR count). The lowest BCUT2D eigenvalue weighted by atomic mass is 9.81. The molecule has 0 aromatic heterocycles. The summed E-state index contributed by atoms with van der Waals surface area (Å²) in [4.78, 5) is 0. The maximum Gasteiger partial charge on any atom is -0.00334 e. The highest BCUT2D eigenvalue weighted by molar-refractivity contribution is 7.81. The van der Waals surface area contributed by atoms with Gasteiger partial charge in [-0.25, -0.2) is 0 Å². The highest BCUT2D eigenvalue weighted by Crippen LogP contribution is 2.33. The minimum absolute atomic E-state index is 0.302. The van der Waals surface area contributed by atoms with Crippen LogP contribution in [0, 0.1) is 5.41 Å². The maximum atomic E-state index is 5.51. The predicted molar refractivity (Wildman–Crippen MR) is 75.9 cm³/mol. The zero-order chi connectivity index (χ0) is 11.6. The molecular weight excluding hydrogens is 224 g/mol. The van der Waals surface area contributed by atoms with Gasteiger partial charge in [-0.05, 0) is 55.7 Å². The third-order valence-corrected chi connectivity index (χ3v) is 4.33. The van der Waals surface area contributed by atoms with Gasteiger partial charge in [0.15, 0.2) is 0 Å². The highest BCUT2D eigenvalue weighted by Gasteiger charge is 2.25. The molecule has 0 aliphatic rings. The summed E-state index contributed by atoms with van der Waals surface area (Å²) >= 11 is 8.95. The Balaban J connectivity index is 3.93. The van der Waals surface area contributed by atoms with Crippen LogP contribution in [0.5, 0.6) is 0 Å². The van der Waals surface area contributed by atoms with E-state index in [1.54, 1.807) is 0 Å². The Labute approximate surface area is 105 Å². The van der Waals surface area contributed by atoms with Crippen molar-refractivity contribution in [3.63, 3.8) is 0 Å². The summed E-state index contributed by atoms with van der Waals surface area (Å²) in [6.45, 7) is 1.58. The van der Waals surface area contributed by atoms with Crippen molar-refractivity contribution in [3.8, 4) is 0 Å². The van der Waals surface area contributed by atoms with E-state index in [0.29, 0.717) is 5.41 Å². The van der Waals surface area contributed by atoms with E-state index < -0.39 is 0 Å². The van der Waals surface area contributed by atoms with Crippen LogP contribution in [0.4, 0.5) is 0 Å². The summed E-state index contributed by atoms with van der Waals surface area (Å²) in [7, 11) is 0. The molecule has 0 bridgehead atoms. The molecule has 4 N–H and O–H groups in total. The molecule has 0 spiro atoms. The summed E-state index contributed by atoms with van der Waals surface area (Å²) in [6.07, 6.45) is 7.00. The molecule has 2 nitrogen and oxygen atoms in total. The molecule has 0 aromatic rings. The Hall–Kier alpha value is 0.620. The smallest absolute Gasteiger partial charge is 0.00334 e. The van der Waals surface area contributed by atoms with Gasteiger partial charge in [0.1, 0.15) is 0 Å². The fraction of sp³-hybridized carbons (Fsp3) is 1.00. The van der Waals surface area contributed by atoms with Crippen LogP contribution in [-0.4, -0.2) is 24.6 Å². The van der Waals surface area contributed by atoms with Crippen molar-refractivity contribution in [2.24, 2.45) is 16.9 Å². The average Bonchev–Trinajstić information content (AvgIpc) is 2.28. The molecule has 0 atom stereocenters. The largest absolute Gasteiger partial charge is 0.330 e. The minimum atomic E-state index is 0.302. The molecule has 4 heteroatoms. The Bertz CT molecular complexity index is 127. The Kier molecular flexibility index (Phi) is 10.2. The molecule has 0 aliphatic heterocycles. The second kappa shape index (κ2) is 9.82. The van der Waals surface area contributed by atoms with Gasteiger partial charge in [0, 0.05) is 0 Å². The second-order valence-corrected chi connectivity index (χ2v) is 4.94. The van der Waals surface area contributed by atoms with Crippen LogP contribution in [0.25, 0.3) is 0 Å². The van der Waals surface area contributed by atoms with Gasteiger partial charge in [-0.15, -0.1) is 0 Å². The molecule has 0 aliphatic carbocycles. The van der Waals surface area contributed by atoms with Crippen molar-refractivity contribution in [2.75, 3.05) is 24.6 Å². The summed E-state index contributed by atoms with van der Waals surface area (Å²) in [5.41, 5.74) is 11.3. The molecule has 15 heavy (non-hydrogen) atoms. The first kappa shape index (κ1) is 15.6. The average molecular weight is 250 g/mol.